The summed E-state index contributed by atoms with van der Waals surface area (Å²) in [6, 6.07) is 10.9. The summed E-state index contributed by atoms with van der Waals surface area (Å²) in [5.41, 5.74) is 0.578. The number of hydrogen-bond donors (Lipinski definition) is 1. The third-order valence-electron chi connectivity index (χ3n) is 7.94. The molecule has 0 spiro atoms. The molecule has 0 aromatic heterocycles. The van der Waals surface area contributed by atoms with Gasteiger partial charge in [-0.2, -0.15) is 0 Å². The molecule has 0 aliphatic carbocycles. The highest BCUT2D eigenvalue weighted by Gasteiger charge is 2.50. The van der Waals surface area contributed by atoms with Crippen LogP contribution in [0.25, 0.3) is 0 Å². The lowest BCUT2D eigenvalue weighted by Crippen LogP contribution is -3.00. The third kappa shape index (κ3) is 3.74. The third-order valence-corrected chi connectivity index (χ3v) is 7.94. The maximum atomic E-state index is 14.4. The Morgan fingerprint density at radius 1 is 0.900 bits per heavy atom. The Morgan fingerprint density at radius 2 is 1.33 bits per heavy atom. The van der Waals surface area contributed by atoms with Gasteiger partial charge in [0.2, 0.25) is 0 Å². The lowest BCUT2D eigenvalue weighted by molar-refractivity contribution is -0.931. The first kappa shape index (κ1) is 23.4. The van der Waals surface area contributed by atoms with E-state index in [4.69, 9.17) is 0 Å². The van der Waals surface area contributed by atoms with E-state index in [2.05, 4.69) is 14.1 Å². The Hall–Kier alpha value is -1.30. The van der Waals surface area contributed by atoms with Crippen molar-refractivity contribution in [3.8, 4) is 0 Å². The quantitative estimate of drug-likeness (QED) is 0.666. The van der Waals surface area contributed by atoms with E-state index in [1.54, 1.807) is 38.1 Å². The second kappa shape index (κ2) is 8.33. The monoisotopic (exact) mass is 479 g/mol. The number of benzene rings is 2. The lowest BCUT2D eigenvalue weighted by Gasteiger charge is -2.46. The molecule has 2 nitrogen and oxygen atoms in total. The molecule has 164 valence electrons. The molecule has 2 aromatic rings. The van der Waals surface area contributed by atoms with Crippen LogP contribution in [0.15, 0.2) is 36.4 Å². The topological polar surface area (TPSA) is 20.2 Å². The van der Waals surface area contributed by atoms with Crippen molar-refractivity contribution < 1.29 is 35.4 Å². The van der Waals surface area contributed by atoms with E-state index in [9.17, 15) is 13.9 Å². The highest BCUT2D eigenvalue weighted by atomic mass is 79.9. The first-order chi connectivity index (χ1) is 13.6. The van der Waals surface area contributed by atoms with Gasteiger partial charge in [0.05, 0.1) is 26.2 Å². The van der Waals surface area contributed by atoms with Gasteiger partial charge < -0.3 is 26.6 Å². The van der Waals surface area contributed by atoms with Crippen molar-refractivity contribution in [1.82, 2.24) is 0 Å². The second-order valence-electron chi connectivity index (χ2n) is 9.74. The van der Waals surface area contributed by atoms with Crippen LogP contribution in [0.2, 0.25) is 0 Å². The van der Waals surface area contributed by atoms with Crippen molar-refractivity contribution in [2.24, 2.45) is 5.92 Å². The first-order valence-corrected chi connectivity index (χ1v) is 10.7. The molecule has 2 unspecified atom stereocenters. The molecule has 2 heterocycles. The summed E-state index contributed by atoms with van der Waals surface area (Å²) in [6.45, 7) is 3.41. The molecule has 4 rings (SSSR count). The maximum absolute atomic E-state index is 14.4. The van der Waals surface area contributed by atoms with Crippen molar-refractivity contribution in [3.63, 3.8) is 0 Å². The van der Waals surface area contributed by atoms with Crippen molar-refractivity contribution >= 4 is 0 Å². The van der Waals surface area contributed by atoms with Crippen LogP contribution < -0.4 is 17.0 Å². The predicted molar refractivity (Wildman–Crippen MR) is 112 cm³/mol. The van der Waals surface area contributed by atoms with Gasteiger partial charge in [0, 0.05) is 25.7 Å². The molecule has 2 aliphatic rings. The fraction of sp³-hybridized carbons (Fsp3) is 0.520. The van der Waals surface area contributed by atoms with Crippen LogP contribution in [0, 0.1) is 31.4 Å². The number of piperidine rings is 1. The van der Waals surface area contributed by atoms with Gasteiger partial charge in [-0.15, -0.1) is 0 Å². The van der Waals surface area contributed by atoms with E-state index in [1.165, 1.54) is 25.0 Å². The smallest absolute Gasteiger partial charge is 0.126 e. The van der Waals surface area contributed by atoms with Gasteiger partial charge in [0.1, 0.15) is 17.2 Å². The van der Waals surface area contributed by atoms with Crippen LogP contribution in [-0.2, 0) is 5.60 Å². The molecule has 2 aromatic carbocycles. The SMILES string of the molecule is Cc1c(F)cccc1C(O)(CC1CC2CCC(C1)[N+]2(C)C)c1cccc(F)c1C.[Br-]. The lowest BCUT2D eigenvalue weighted by atomic mass is 9.73. The normalized spacial score (nSPS) is 25.1. The van der Waals surface area contributed by atoms with Gasteiger partial charge in [0.25, 0.3) is 0 Å². The number of halogens is 3. The molecule has 2 aliphatic heterocycles. The number of fused-ring (bicyclic) bond motifs is 2. The van der Waals surface area contributed by atoms with Crippen molar-refractivity contribution in [1.29, 1.82) is 0 Å². The Morgan fingerprint density at radius 3 is 1.77 bits per heavy atom. The summed E-state index contributed by atoms with van der Waals surface area (Å²) in [4.78, 5) is 0. The molecule has 30 heavy (non-hydrogen) atoms. The van der Waals surface area contributed by atoms with Gasteiger partial charge in [-0.05, 0) is 60.6 Å². The van der Waals surface area contributed by atoms with Crippen LogP contribution in [-0.4, -0.2) is 35.8 Å². The molecule has 2 atom stereocenters. The average molecular weight is 480 g/mol. The van der Waals surface area contributed by atoms with Crippen LogP contribution >= 0.6 is 0 Å². The molecule has 0 radical (unpaired) electrons. The molecule has 5 heteroatoms. The maximum Gasteiger partial charge on any atom is 0.126 e. The Bertz CT molecular complexity index is 862. The number of quaternary nitrogens is 1. The molecule has 0 amide bonds. The molecule has 1 N–H and O–H groups in total. The van der Waals surface area contributed by atoms with Crippen LogP contribution in [0.3, 0.4) is 0 Å². The minimum Gasteiger partial charge on any atom is -1.00 e. The van der Waals surface area contributed by atoms with E-state index >= 15 is 0 Å². The van der Waals surface area contributed by atoms with Crippen LogP contribution in [0.5, 0.6) is 0 Å². The molecular formula is C25H32BrF2NO. The van der Waals surface area contributed by atoms with E-state index in [1.807, 2.05) is 0 Å². The van der Waals surface area contributed by atoms with Crippen molar-refractivity contribution in [2.45, 2.75) is 63.6 Å². The van der Waals surface area contributed by atoms with E-state index in [0.29, 0.717) is 46.7 Å². The van der Waals surface area contributed by atoms with Gasteiger partial charge in [-0.25, -0.2) is 8.78 Å². The van der Waals surface area contributed by atoms with E-state index in [0.717, 1.165) is 17.3 Å². The zero-order valence-corrected chi connectivity index (χ0v) is 19.8. The summed E-state index contributed by atoms with van der Waals surface area (Å²) in [7, 11) is 4.64. The summed E-state index contributed by atoms with van der Waals surface area (Å²) >= 11 is 0. The van der Waals surface area contributed by atoms with Crippen LogP contribution in [0.1, 0.15) is 54.4 Å². The number of nitrogens with zero attached hydrogens (tertiary/aromatic N) is 1. The Labute approximate surface area is 189 Å². The van der Waals surface area contributed by atoms with Crippen molar-refractivity contribution in [3.05, 3.63) is 70.3 Å². The van der Waals surface area contributed by atoms with Crippen LogP contribution in [0.4, 0.5) is 8.78 Å². The minimum absolute atomic E-state index is 0. The number of aliphatic hydroxyl groups is 1. The number of rotatable bonds is 4. The van der Waals surface area contributed by atoms with Gasteiger partial charge in [-0.3, -0.25) is 0 Å². The minimum atomic E-state index is -1.41. The second-order valence-corrected chi connectivity index (χ2v) is 9.74. The first-order valence-electron chi connectivity index (χ1n) is 10.7. The Kier molecular flexibility index (Phi) is 6.48. The highest BCUT2D eigenvalue weighted by molar-refractivity contribution is 5.44. The highest BCUT2D eigenvalue weighted by Crippen LogP contribution is 2.48. The summed E-state index contributed by atoms with van der Waals surface area (Å²) in [5, 5.41) is 12.1. The summed E-state index contributed by atoms with van der Waals surface area (Å²) < 4.78 is 29.9. The van der Waals surface area contributed by atoms with Gasteiger partial charge in [0.15, 0.2) is 0 Å². The fourth-order valence-electron chi connectivity index (χ4n) is 6.05. The molecule has 2 saturated heterocycles. The van der Waals surface area contributed by atoms with Gasteiger partial charge >= 0.3 is 0 Å². The zero-order chi connectivity index (χ0) is 21.0. The Balaban J connectivity index is 0.00000256. The van der Waals surface area contributed by atoms with Crippen molar-refractivity contribution in [2.75, 3.05) is 14.1 Å². The summed E-state index contributed by atoms with van der Waals surface area (Å²) in [6.07, 6.45) is 5.05. The molecule has 2 fully saturated rings. The summed E-state index contributed by atoms with van der Waals surface area (Å²) in [5.74, 6) is -0.345. The molecule has 0 saturated carbocycles. The predicted octanol–water partition coefficient (Wildman–Crippen LogP) is 2.23. The molecule has 2 bridgehead atoms. The van der Waals surface area contributed by atoms with E-state index < -0.39 is 5.60 Å². The standard InChI is InChI=1S/C25H32F2NO.BrH/c1-16-21(7-5-9-23(16)26)25(29,22-8-6-10-24(27)17(22)2)15-18-13-19-11-12-20(14-18)28(19,3)4;/h5-10,18-20,29H,11-15H2,1-4H3;1H/q+1;/p-1. The largest absolute Gasteiger partial charge is 1.00 e. The molecular weight excluding hydrogens is 448 g/mol. The number of hydrogen-bond acceptors (Lipinski definition) is 1. The average Bonchev–Trinajstić information content (AvgIpc) is 2.83. The van der Waals surface area contributed by atoms with Gasteiger partial charge in [-0.1, -0.05) is 24.3 Å². The van der Waals surface area contributed by atoms with E-state index in [-0.39, 0.29) is 28.6 Å². The fourth-order valence-corrected chi connectivity index (χ4v) is 6.05. The zero-order valence-electron chi connectivity index (χ0n) is 18.3.